The van der Waals surface area contributed by atoms with Gasteiger partial charge in [0.05, 0.1) is 0 Å². The molecule has 0 unspecified atom stereocenters. The lowest BCUT2D eigenvalue weighted by atomic mass is 9.98. The van der Waals surface area contributed by atoms with E-state index in [4.69, 9.17) is 11.5 Å². The second kappa shape index (κ2) is 5.98. The first-order valence-corrected chi connectivity index (χ1v) is 6.58. The Morgan fingerprint density at radius 2 is 2.00 bits per heavy atom. The molecule has 98 valence electrons. The summed E-state index contributed by atoms with van der Waals surface area (Å²) in [6.07, 6.45) is 3.35. The Bertz CT molecular complexity index is 431. The van der Waals surface area contributed by atoms with E-state index in [2.05, 4.69) is 6.07 Å². The highest BCUT2D eigenvalue weighted by Crippen LogP contribution is 2.28. The van der Waals surface area contributed by atoms with Gasteiger partial charge in [-0.3, -0.25) is 4.79 Å². The van der Waals surface area contributed by atoms with Crippen molar-refractivity contribution < 1.29 is 4.79 Å². The zero-order valence-corrected chi connectivity index (χ0v) is 10.7. The van der Waals surface area contributed by atoms with Crippen LogP contribution in [0, 0.1) is 0 Å². The Hall–Kier alpha value is -1.39. The van der Waals surface area contributed by atoms with E-state index >= 15 is 0 Å². The number of carbonyl (C=O) groups is 1. The molecular formula is C14H21N3O. The van der Waals surface area contributed by atoms with Gasteiger partial charge in [-0.25, -0.2) is 0 Å². The van der Waals surface area contributed by atoms with Crippen molar-refractivity contribution in [3.63, 3.8) is 0 Å². The van der Waals surface area contributed by atoms with Crippen molar-refractivity contribution in [1.29, 1.82) is 0 Å². The highest BCUT2D eigenvalue weighted by Gasteiger charge is 2.23. The molecule has 0 atom stereocenters. The summed E-state index contributed by atoms with van der Waals surface area (Å²) in [7, 11) is 0. The van der Waals surface area contributed by atoms with Crippen LogP contribution in [0.5, 0.6) is 0 Å². The molecule has 2 rings (SSSR count). The van der Waals surface area contributed by atoms with E-state index < -0.39 is 0 Å². The van der Waals surface area contributed by atoms with Gasteiger partial charge in [-0.15, -0.1) is 0 Å². The van der Waals surface area contributed by atoms with Gasteiger partial charge in [-0.05, 0) is 43.0 Å². The lowest BCUT2D eigenvalue weighted by Crippen LogP contribution is -2.36. The number of benzene rings is 1. The Morgan fingerprint density at radius 3 is 2.72 bits per heavy atom. The number of nitrogens with two attached hydrogens (primary N) is 2. The zero-order chi connectivity index (χ0) is 13.0. The number of carbonyl (C=O) groups excluding carboxylic acids is 1. The van der Waals surface area contributed by atoms with Crippen molar-refractivity contribution >= 4 is 11.6 Å². The molecule has 1 heterocycles. The molecule has 0 radical (unpaired) electrons. The molecule has 1 aromatic carbocycles. The first kappa shape index (κ1) is 13.1. The summed E-state index contributed by atoms with van der Waals surface area (Å²) in [6.45, 7) is 2.00. The summed E-state index contributed by atoms with van der Waals surface area (Å²) in [6, 6.07) is 6.15. The maximum absolute atomic E-state index is 12.0. The van der Waals surface area contributed by atoms with Gasteiger partial charge in [-0.2, -0.15) is 0 Å². The van der Waals surface area contributed by atoms with Crippen LogP contribution in [-0.4, -0.2) is 19.0 Å². The lowest BCUT2D eigenvalue weighted by Gasteiger charge is -2.29. The van der Waals surface area contributed by atoms with E-state index in [0.29, 0.717) is 19.5 Å². The number of hydrogen-bond donors (Lipinski definition) is 2. The second-order valence-corrected chi connectivity index (χ2v) is 4.71. The molecule has 4 N–H and O–H groups in total. The van der Waals surface area contributed by atoms with E-state index in [0.717, 1.165) is 37.1 Å². The van der Waals surface area contributed by atoms with Gasteiger partial charge in [0.15, 0.2) is 0 Å². The van der Waals surface area contributed by atoms with Crippen LogP contribution in [0.25, 0.3) is 0 Å². The molecule has 0 saturated carbocycles. The smallest absolute Gasteiger partial charge is 0.227 e. The molecule has 0 aliphatic carbocycles. The van der Waals surface area contributed by atoms with Crippen LogP contribution in [0.1, 0.15) is 30.4 Å². The first-order chi connectivity index (χ1) is 8.76. The maximum Gasteiger partial charge on any atom is 0.227 e. The van der Waals surface area contributed by atoms with E-state index in [9.17, 15) is 4.79 Å². The minimum Gasteiger partial charge on any atom is -0.330 e. The highest BCUT2D eigenvalue weighted by molar-refractivity contribution is 5.96. The SMILES string of the molecule is NCCCCN1C(=O)CCc2cc(CN)ccc21. The van der Waals surface area contributed by atoms with E-state index in [1.54, 1.807) is 0 Å². The molecule has 4 nitrogen and oxygen atoms in total. The minimum absolute atomic E-state index is 0.222. The molecule has 0 bridgehead atoms. The van der Waals surface area contributed by atoms with Gasteiger partial charge in [0.25, 0.3) is 0 Å². The van der Waals surface area contributed by atoms with Gasteiger partial charge >= 0.3 is 0 Å². The highest BCUT2D eigenvalue weighted by atomic mass is 16.2. The van der Waals surface area contributed by atoms with Gasteiger partial charge < -0.3 is 16.4 Å². The number of anilines is 1. The molecule has 0 saturated heterocycles. The quantitative estimate of drug-likeness (QED) is 0.767. The monoisotopic (exact) mass is 247 g/mol. The topological polar surface area (TPSA) is 72.3 Å². The summed E-state index contributed by atoms with van der Waals surface area (Å²) in [5, 5.41) is 0. The summed E-state index contributed by atoms with van der Waals surface area (Å²) in [5.41, 5.74) is 14.6. The number of amides is 1. The van der Waals surface area contributed by atoms with Gasteiger partial charge in [-0.1, -0.05) is 12.1 Å². The molecule has 4 heteroatoms. The average molecular weight is 247 g/mol. The number of unbranched alkanes of at least 4 members (excludes halogenated alkanes) is 1. The third kappa shape index (κ3) is 2.71. The molecular weight excluding hydrogens is 226 g/mol. The average Bonchev–Trinajstić information content (AvgIpc) is 2.41. The minimum atomic E-state index is 0.222. The van der Waals surface area contributed by atoms with Crippen molar-refractivity contribution in [2.45, 2.75) is 32.2 Å². The van der Waals surface area contributed by atoms with Gasteiger partial charge in [0.2, 0.25) is 5.91 Å². The summed E-state index contributed by atoms with van der Waals surface area (Å²) in [5.74, 6) is 0.222. The Kier molecular flexibility index (Phi) is 4.33. The molecule has 0 fully saturated rings. The van der Waals surface area contributed by atoms with Crippen molar-refractivity contribution in [3.8, 4) is 0 Å². The van der Waals surface area contributed by atoms with Crippen molar-refractivity contribution in [2.24, 2.45) is 11.5 Å². The third-order valence-electron chi connectivity index (χ3n) is 3.42. The van der Waals surface area contributed by atoms with Crippen LogP contribution in [0.4, 0.5) is 5.69 Å². The van der Waals surface area contributed by atoms with Crippen molar-refractivity contribution in [2.75, 3.05) is 18.0 Å². The van der Waals surface area contributed by atoms with Crippen molar-refractivity contribution in [3.05, 3.63) is 29.3 Å². The molecule has 1 aliphatic rings. The van der Waals surface area contributed by atoms with Crippen LogP contribution < -0.4 is 16.4 Å². The van der Waals surface area contributed by atoms with Crippen LogP contribution >= 0.6 is 0 Å². The van der Waals surface area contributed by atoms with Crippen LogP contribution in [0.3, 0.4) is 0 Å². The third-order valence-corrected chi connectivity index (χ3v) is 3.42. The van der Waals surface area contributed by atoms with Crippen molar-refractivity contribution in [1.82, 2.24) is 0 Å². The van der Waals surface area contributed by atoms with Crippen LogP contribution in [0.15, 0.2) is 18.2 Å². The van der Waals surface area contributed by atoms with Gasteiger partial charge in [0.1, 0.15) is 0 Å². The zero-order valence-electron chi connectivity index (χ0n) is 10.7. The van der Waals surface area contributed by atoms with E-state index in [-0.39, 0.29) is 5.91 Å². The predicted molar refractivity (Wildman–Crippen MR) is 73.3 cm³/mol. The second-order valence-electron chi connectivity index (χ2n) is 4.71. The number of hydrogen-bond acceptors (Lipinski definition) is 3. The normalized spacial score (nSPS) is 14.8. The summed E-state index contributed by atoms with van der Waals surface area (Å²) in [4.78, 5) is 13.9. The maximum atomic E-state index is 12.0. The molecule has 1 amide bonds. The molecule has 0 aromatic heterocycles. The summed E-state index contributed by atoms with van der Waals surface area (Å²) < 4.78 is 0. The lowest BCUT2D eigenvalue weighted by molar-refractivity contribution is -0.118. The first-order valence-electron chi connectivity index (χ1n) is 6.58. The fourth-order valence-corrected chi connectivity index (χ4v) is 2.40. The van der Waals surface area contributed by atoms with E-state index in [1.807, 2.05) is 17.0 Å². The Balaban J connectivity index is 2.18. The molecule has 1 aromatic rings. The number of nitrogens with zero attached hydrogens (tertiary/aromatic N) is 1. The molecule has 18 heavy (non-hydrogen) atoms. The van der Waals surface area contributed by atoms with Gasteiger partial charge in [0, 0.05) is 25.2 Å². The van der Waals surface area contributed by atoms with E-state index in [1.165, 1.54) is 5.56 Å². The largest absolute Gasteiger partial charge is 0.330 e. The fourth-order valence-electron chi connectivity index (χ4n) is 2.40. The Morgan fingerprint density at radius 1 is 1.17 bits per heavy atom. The van der Waals surface area contributed by atoms with Crippen LogP contribution in [-0.2, 0) is 17.8 Å². The standard InChI is InChI=1S/C14H21N3O/c15-7-1-2-8-17-13-5-3-11(10-16)9-12(13)4-6-14(17)18/h3,5,9H,1-2,4,6-8,10,15-16H2. The number of rotatable bonds is 5. The fraction of sp³-hybridized carbons (Fsp3) is 0.500. The number of fused-ring (bicyclic) bond motifs is 1. The van der Waals surface area contributed by atoms with Crippen LogP contribution in [0.2, 0.25) is 0 Å². The number of aryl methyl sites for hydroxylation is 1. The Labute approximate surface area is 108 Å². The molecule has 1 aliphatic heterocycles. The molecule has 0 spiro atoms. The summed E-state index contributed by atoms with van der Waals surface area (Å²) >= 11 is 0. The predicted octanol–water partition coefficient (Wildman–Crippen LogP) is 1.16.